The highest BCUT2D eigenvalue weighted by Crippen LogP contribution is 2.59. The van der Waals surface area contributed by atoms with Crippen LogP contribution >= 0.6 is 11.3 Å². The van der Waals surface area contributed by atoms with Crippen LogP contribution < -0.4 is 5.32 Å². The van der Waals surface area contributed by atoms with E-state index >= 15 is 0 Å². The number of nitrogens with one attached hydrogen (secondary N) is 1. The summed E-state index contributed by atoms with van der Waals surface area (Å²) in [6.45, 7) is 10.1. The van der Waals surface area contributed by atoms with Crippen LogP contribution in [-0.2, 0) is 6.42 Å². The first kappa shape index (κ1) is 12.1. The first-order valence-corrected chi connectivity index (χ1v) is 7.08. The predicted octanol–water partition coefficient (Wildman–Crippen LogP) is 3.20. The number of likely N-dealkylation sites (N-methyl/N-ethyl adjacent to an activating group) is 1. The normalized spacial score (nSPS) is 24.4. The van der Waals surface area contributed by atoms with Gasteiger partial charge in [0.05, 0.1) is 10.7 Å². The van der Waals surface area contributed by atoms with Crippen molar-refractivity contribution in [3.63, 3.8) is 0 Å². The molecule has 2 atom stereocenters. The third-order valence-corrected chi connectivity index (χ3v) is 4.46. The highest BCUT2D eigenvalue weighted by Gasteiger charge is 2.48. The fourth-order valence-corrected chi connectivity index (χ4v) is 3.34. The molecule has 3 heteroatoms. The van der Waals surface area contributed by atoms with Gasteiger partial charge in [-0.15, -0.1) is 11.3 Å². The first-order valence-electron chi connectivity index (χ1n) is 6.20. The Kier molecular flexibility index (Phi) is 3.36. The number of aromatic nitrogens is 1. The molecule has 0 amide bonds. The summed E-state index contributed by atoms with van der Waals surface area (Å²) in [5, 5.41) is 7.01. The Morgan fingerprint density at radius 2 is 2.31 bits per heavy atom. The maximum atomic E-state index is 4.77. The molecule has 1 aliphatic carbocycles. The standard InChI is InChI=1S/C13H22N2S/c1-5-14-9(2)6-10-8-16-12(15-10)11-7-13(11,3)4/h8-9,11,14H,5-7H2,1-4H3. The fraction of sp³-hybridized carbons (Fsp3) is 0.769. The van der Waals surface area contributed by atoms with Crippen molar-refractivity contribution in [3.05, 3.63) is 16.1 Å². The Balaban J connectivity index is 1.93. The molecule has 1 heterocycles. The van der Waals surface area contributed by atoms with Gasteiger partial charge in [0.1, 0.15) is 0 Å². The molecule has 2 nitrogen and oxygen atoms in total. The molecular formula is C13H22N2S. The molecule has 1 N–H and O–H groups in total. The van der Waals surface area contributed by atoms with Crippen LogP contribution in [0.3, 0.4) is 0 Å². The Bertz CT molecular complexity index is 357. The van der Waals surface area contributed by atoms with Crippen LogP contribution in [0.2, 0.25) is 0 Å². The summed E-state index contributed by atoms with van der Waals surface area (Å²) in [5.41, 5.74) is 1.76. The quantitative estimate of drug-likeness (QED) is 0.852. The van der Waals surface area contributed by atoms with E-state index in [1.54, 1.807) is 0 Å². The SMILES string of the molecule is CCNC(C)Cc1csc(C2CC2(C)C)n1. The summed E-state index contributed by atoms with van der Waals surface area (Å²) in [6.07, 6.45) is 2.36. The molecule has 90 valence electrons. The van der Waals surface area contributed by atoms with Gasteiger partial charge in [-0.1, -0.05) is 20.8 Å². The summed E-state index contributed by atoms with van der Waals surface area (Å²) in [7, 11) is 0. The van der Waals surface area contributed by atoms with Crippen LogP contribution in [0.1, 0.15) is 50.7 Å². The Morgan fingerprint density at radius 1 is 1.62 bits per heavy atom. The van der Waals surface area contributed by atoms with E-state index in [4.69, 9.17) is 4.98 Å². The number of nitrogens with zero attached hydrogens (tertiary/aromatic N) is 1. The third-order valence-electron chi connectivity index (χ3n) is 3.45. The lowest BCUT2D eigenvalue weighted by atomic mass is 10.1. The lowest BCUT2D eigenvalue weighted by molar-refractivity contribution is 0.559. The Morgan fingerprint density at radius 3 is 2.88 bits per heavy atom. The van der Waals surface area contributed by atoms with Crippen molar-refractivity contribution in [3.8, 4) is 0 Å². The monoisotopic (exact) mass is 238 g/mol. The molecule has 0 aliphatic heterocycles. The second-order valence-electron chi connectivity index (χ2n) is 5.59. The summed E-state index contributed by atoms with van der Waals surface area (Å²) < 4.78 is 0. The van der Waals surface area contributed by atoms with Crippen LogP contribution in [0.15, 0.2) is 5.38 Å². The van der Waals surface area contributed by atoms with Crippen molar-refractivity contribution in [1.29, 1.82) is 0 Å². The van der Waals surface area contributed by atoms with Gasteiger partial charge in [0.15, 0.2) is 0 Å². The molecule has 1 aromatic heterocycles. The van der Waals surface area contributed by atoms with Gasteiger partial charge < -0.3 is 5.32 Å². The number of thiazole rings is 1. The molecule has 1 aromatic rings. The average Bonchev–Trinajstić information content (AvgIpc) is 2.63. The largest absolute Gasteiger partial charge is 0.314 e. The van der Waals surface area contributed by atoms with Crippen LogP contribution in [0.4, 0.5) is 0 Å². The maximum absolute atomic E-state index is 4.77. The molecule has 0 bridgehead atoms. The topological polar surface area (TPSA) is 24.9 Å². The lowest BCUT2D eigenvalue weighted by Crippen LogP contribution is -2.27. The predicted molar refractivity (Wildman–Crippen MR) is 70.1 cm³/mol. The minimum atomic E-state index is 0.502. The van der Waals surface area contributed by atoms with Crippen molar-refractivity contribution in [2.24, 2.45) is 5.41 Å². The molecule has 0 saturated heterocycles. The van der Waals surface area contributed by atoms with Gasteiger partial charge >= 0.3 is 0 Å². The van der Waals surface area contributed by atoms with Crippen LogP contribution in [0.25, 0.3) is 0 Å². The van der Waals surface area contributed by atoms with Gasteiger partial charge in [-0.3, -0.25) is 0 Å². The third kappa shape index (κ3) is 2.64. The van der Waals surface area contributed by atoms with E-state index in [-0.39, 0.29) is 0 Å². The maximum Gasteiger partial charge on any atom is 0.0964 e. The van der Waals surface area contributed by atoms with Crippen molar-refractivity contribution in [2.45, 2.75) is 52.5 Å². The lowest BCUT2D eigenvalue weighted by Gasteiger charge is -2.09. The van der Waals surface area contributed by atoms with E-state index in [0.29, 0.717) is 11.5 Å². The molecule has 0 radical (unpaired) electrons. The Labute approximate surface area is 102 Å². The molecule has 0 aromatic carbocycles. The van der Waals surface area contributed by atoms with Crippen LogP contribution in [0, 0.1) is 5.41 Å². The van der Waals surface area contributed by atoms with Gasteiger partial charge in [0.2, 0.25) is 0 Å². The summed E-state index contributed by atoms with van der Waals surface area (Å²) >= 11 is 1.84. The van der Waals surface area contributed by atoms with E-state index < -0.39 is 0 Å². The van der Waals surface area contributed by atoms with E-state index in [2.05, 4.69) is 38.4 Å². The van der Waals surface area contributed by atoms with Gasteiger partial charge in [-0.2, -0.15) is 0 Å². The summed E-state index contributed by atoms with van der Waals surface area (Å²) in [6, 6.07) is 0.534. The number of hydrogen-bond acceptors (Lipinski definition) is 3. The zero-order chi connectivity index (χ0) is 11.8. The zero-order valence-electron chi connectivity index (χ0n) is 10.7. The van der Waals surface area contributed by atoms with Crippen molar-refractivity contribution >= 4 is 11.3 Å². The second kappa shape index (κ2) is 4.46. The number of rotatable bonds is 5. The summed E-state index contributed by atoms with van der Waals surface area (Å²) in [5.74, 6) is 0.723. The molecule has 2 unspecified atom stereocenters. The molecule has 1 saturated carbocycles. The summed E-state index contributed by atoms with van der Waals surface area (Å²) in [4.78, 5) is 4.77. The van der Waals surface area contributed by atoms with Gasteiger partial charge in [0.25, 0.3) is 0 Å². The molecule has 1 fully saturated rings. The molecule has 1 aliphatic rings. The van der Waals surface area contributed by atoms with E-state index in [1.165, 1.54) is 17.1 Å². The highest BCUT2D eigenvalue weighted by atomic mass is 32.1. The van der Waals surface area contributed by atoms with Gasteiger partial charge in [-0.05, 0) is 25.3 Å². The Hall–Kier alpha value is -0.410. The average molecular weight is 238 g/mol. The molecule has 16 heavy (non-hydrogen) atoms. The van der Waals surface area contributed by atoms with Crippen molar-refractivity contribution in [2.75, 3.05) is 6.54 Å². The number of hydrogen-bond donors (Lipinski definition) is 1. The van der Waals surface area contributed by atoms with E-state index in [0.717, 1.165) is 18.9 Å². The minimum absolute atomic E-state index is 0.502. The highest BCUT2D eigenvalue weighted by molar-refractivity contribution is 7.09. The molecule has 0 spiro atoms. The second-order valence-corrected chi connectivity index (χ2v) is 6.47. The van der Waals surface area contributed by atoms with Crippen molar-refractivity contribution < 1.29 is 0 Å². The van der Waals surface area contributed by atoms with E-state index in [9.17, 15) is 0 Å². The van der Waals surface area contributed by atoms with Crippen LogP contribution in [-0.4, -0.2) is 17.6 Å². The van der Waals surface area contributed by atoms with Gasteiger partial charge in [0, 0.05) is 23.8 Å². The van der Waals surface area contributed by atoms with Crippen molar-refractivity contribution in [1.82, 2.24) is 10.3 Å². The molecular weight excluding hydrogens is 216 g/mol. The van der Waals surface area contributed by atoms with E-state index in [1.807, 2.05) is 11.3 Å². The smallest absolute Gasteiger partial charge is 0.0964 e. The zero-order valence-corrected chi connectivity index (χ0v) is 11.5. The fourth-order valence-electron chi connectivity index (χ4n) is 2.20. The van der Waals surface area contributed by atoms with Gasteiger partial charge in [-0.25, -0.2) is 4.98 Å². The minimum Gasteiger partial charge on any atom is -0.314 e. The first-order chi connectivity index (χ1) is 7.53. The van der Waals surface area contributed by atoms with Crippen LogP contribution in [0.5, 0.6) is 0 Å². The molecule has 2 rings (SSSR count).